The first kappa shape index (κ1) is 18.3. The first-order chi connectivity index (χ1) is 12.5. The van der Waals surface area contributed by atoms with Crippen LogP contribution in [0.1, 0.15) is 22.3 Å². The predicted octanol–water partition coefficient (Wildman–Crippen LogP) is 1.60. The van der Waals surface area contributed by atoms with Crippen LogP contribution in [0.25, 0.3) is 0 Å². The van der Waals surface area contributed by atoms with Gasteiger partial charge < -0.3 is 5.32 Å². The molecule has 0 bridgehead atoms. The number of halogens is 2. The average Bonchev–Trinajstić information content (AvgIpc) is 3.05. The Labute approximate surface area is 150 Å². The molecular weight excluding hydrogens is 366 g/mol. The summed E-state index contributed by atoms with van der Waals surface area (Å²) in [6.45, 7) is 0.176. The predicted molar refractivity (Wildman–Crippen MR) is 89.8 cm³/mol. The monoisotopic (exact) mass is 382 g/mol. The van der Waals surface area contributed by atoms with E-state index in [9.17, 15) is 22.0 Å². The van der Waals surface area contributed by atoms with Gasteiger partial charge in [0, 0.05) is 24.5 Å². The summed E-state index contributed by atoms with van der Waals surface area (Å²) in [5.74, 6) is -3.32. The van der Waals surface area contributed by atoms with Crippen molar-refractivity contribution in [3.05, 3.63) is 58.9 Å². The van der Waals surface area contributed by atoms with Crippen molar-refractivity contribution >= 4 is 16.7 Å². The maximum Gasteiger partial charge on any atom is 0.201 e. The van der Waals surface area contributed by atoms with Crippen LogP contribution >= 0.6 is 0 Å². The maximum absolute atomic E-state index is 14.2. The minimum Gasteiger partial charge on any atom is -0.367 e. The second kappa shape index (κ2) is 7.83. The fourth-order valence-corrected chi connectivity index (χ4v) is 3.23. The van der Waals surface area contributed by atoms with Crippen LogP contribution in [0.15, 0.2) is 46.4 Å². The van der Waals surface area contributed by atoms with Crippen molar-refractivity contribution in [3.8, 4) is 0 Å². The summed E-state index contributed by atoms with van der Waals surface area (Å²) < 4.78 is 51.3. The van der Waals surface area contributed by atoms with Crippen LogP contribution in [0, 0.1) is 17.6 Å². The third-order valence-corrected chi connectivity index (χ3v) is 4.62. The molecule has 3 rings (SSSR count). The summed E-state index contributed by atoms with van der Waals surface area (Å²) >= 11 is 0. The molecule has 0 fully saturated rings. The Morgan fingerprint density at radius 2 is 2.12 bits per heavy atom. The molecule has 0 radical (unpaired) electrons. The summed E-state index contributed by atoms with van der Waals surface area (Å²) in [4.78, 5) is 12.7. The van der Waals surface area contributed by atoms with Gasteiger partial charge in [0.15, 0.2) is 17.4 Å². The molecule has 2 unspecified atom stereocenters. The van der Waals surface area contributed by atoms with Crippen LogP contribution in [0.5, 0.6) is 0 Å². The van der Waals surface area contributed by atoms with Crippen molar-refractivity contribution in [3.63, 3.8) is 0 Å². The van der Waals surface area contributed by atoms with Crippen molar-refractivity contribution in [2.24, 2.45) is 16.1 Å². The number of carbonyl (C=O) groups excluding carboxylic acids is 1. The van der Waals surface area contributed by atoms with Crippen molar-refractivity contribution in [1.29, 1.82) is 0 Å². The molecule has 0 saturated carbocycles. The van der Waals surface area contributed by atoms with E-state index in [1.807, 2.05) is 0 Å². The lowest BCUT2D eigenvalue weighted by atomic mass is 9.91. The van der Waals surface area contributed by atoms with Crippen molar-refractivity contribution < 1.29 is 22.0 Å². The summed E-state index contributed by atoms with van der Waals surface area (Å²) in [6.07, 6.45) is 4.84. The van der Waals surface area contributed by atoms with Crippen LogP contribution in [0.2, 0.25) is 0 Å². The first-order valence-electron chi connectivity index (χ1n) is 7.90. The van der Waals surface area contributed by atoms with Crippen LogP contribution in [-0.4, -0.2) is 26.9 Å². The highest BCUT2D eigenvalue weighted by atomic mass is 32.2. The van der Waals surface area contributed by atoms with Gasteiger partial charge in [0.25, 0.3) is 0 Å². The number of rotatable bonds is 7. The number of Topliss-reactive ketones (excluding diaryl/α,β-unsaturated/α-hetero) is 1. The van der Waals surface area contributed by atoms with E-state index in [2.05, 4.69) is 20.3 Å². The Hall–Kier alpha value is -2.46. The Balaban J connectivity index is 1.79. The number of aryl methyl sites for hydroxylation is 1. The average molecular weight is 382 g/mol. The van der Waals surface area contributed by atoms with E-state index in [1.54, 1.807) is 6.08 Å². The number of hydrogen-bond acceptors (Lipinski definition) is 6. The SMILES string of the molecule is O=C(C1=CNC2N=NC=CC12)c1cc(CCCN[SH](=O)=O)cc(F)c1F. The molecule has 2 heterocycles. The van der Waals surface area contributed by atoms with E-state index in [-0.39, 0.29) is 23.6 Å². The van der Waals surface area contributed by atoms with Gasteiger partial charge in [0.2, 0.25) is 10.9 Å². The number of carbonyl (C=O) groups is 1. The number of fused-ring (bicyclic) bond motifs is 1. The molecule has 0 saturated heterocycles. The molecule has 2 aliphatic rings. The molecule has 2 aliphatic heterocycles. The van der Waals surface area contributed by atoms with Crippen LogP contribution in [0.4, 0.5) is 8.78 Å². The van der Waals surface area contributed by atoms with Gasteiger partial charge in [-0.1, -0.05) is 6.08 Å². The van der Waals surface area contributed by atoms with Crippen molar-refractivity contribution in [2.45, 2.75) is 19.0 Å². The second-order valence-corrected chi connectivity index (χ2v) is 6.68. The molecule has 0 aromatic heterocycles. The maximum atomic E-state index is 14.2. The van der Waals surface area contributed by atoms with Gasteiger partial charge in [-0.05, 0) is 30.5 Å². The van der Waals surface area contributed by atoms with E-state index in [1.165, 1.54) is 18.5 Å². The Morgan fingerprint density at radius 1 is 1.31 bits per heavy atom. The van der Waals surface area contributed by atoms with E-state index >= 15 is 0 Å². The molecule has 0 aliphatic carbocycles. The van der Waals surface area contributed by atoms with Crippen LogP contribution in [-0.2, 0) is 17.3 Å². The summed E-state index contributed by atoms with van der Waals surface area (Å²) in [7, 11) is -2.70. The Morgan fingerprint density at radius 3 is 2.88 bits per heavy atom. The van der Waals surface area contributed by atoms with Crippen LogP contribution < -0.4 is 10.0 Å². The van der Waals surface area contributed by atoms with E-state index in [4.69, 9.17) is 0 Å². The molecule has 1 aromatic carbocycles. The lowest BCUT2D eigenvalue weighted by Crippen LogP contribution is -2.26. The Kier molecular flexibility index (Phi) is 5.52. The van der Waals surface area contributed by atoms with Gasteiger partial charge in [-0.3, -0.25) is 4.79 Å². The van der Waals surface area contributed by atoms with E-state index < -0.39 is 34.5 Å². The van der Waals surface area contributed by atoms with Gasteiger partial charge in [0.1, 0.15) is 6.17 Å². The number of azo groups is 1. The fraction of sp³-hybridized carbons (Fsp3) is 0.312. The van der Waals surface area contributed by atoms with Gasteiger partial charge in [-0.2, -0.15) is 10.2 Å². The van der Waals surface area contributed by atoms with Gasteiger partial charge in [-0.25, -0.2) is 21.9 Å². The van der Waals surface area contributed by atoms with Gasteiger partial charge in [-0.15, -0.1) is 0 Å². The molecular formula is C16H16F2N4O3S. The minimum atomic E-state index is -2.70. The first-order valence-corrected chi connectivity index (χ1v) is 9.08. The summed E-state index contributed by atoms with van der Waals surface area (Å²) in [5.41, 5.74) is 0.343. The van der Waals surface area contributed by atoms with E-state index in [0.717, 1.165) is 6.07 Å². The number of hydrogen-bond donors (Lipinski definition) is 3. The quantitative estimate of drug-likeness (QED) is 0.379. The molecule has 1 aromatic rings. The zero-order chi connectivity index (χ0) is 18.7. The molecule has 0 amide bonds. The lowest BCUT2D eigenvalue weighted by Gasteiger charge is -2.16. The number of thiol groups is 1. The molecule has 2 atom stereocenters. The third-order valence-electron chi connectivity index (χ3n) is 4.14. The van der Waals surface area contributed by atoms with Crippen molar-refractivity contribution in [2.75, 3.05) is 6.54 Å². The van der Waals surface area contributed by atoms with Gasteiger partial charge in [0.05, 0.1) is 11.5 Å². The third kappa shape index (κ3) is 3.86. The number of nitrogens with one attached hydrogen (secondary N) is 2. The molecule has 7 nitrogen and oxygen atoms in total. The van der Waals surface area contributed by atoms with Crippen molar-refractivity contribution in [1.82, 2.24) is 10.0 Å². The number of nitrogens with zero attached hydrogens (tertiary/aromatic N) is 2. The highest BCUT2D eigenvalue weighted by molar-refractivity contribution is 7.70. The molecule has 10 heteroatoms. The number of ketones is 1. The van der Waals surface area contributed by atoms with Gasteiger partial charge >= 0.3 is 0 Å². The topological polar surface area (TPSA) is 100.0 Å². The molecule has 2 N–H and O–H groups in total. The molecule has 138 valence electrons. The minimum absolute atomic E-state index is 0.176. The highest BCUT2D eigenvalue weighted by Gasteiger charge is 2.34. The Bertz CT molecular complexity index is 888. The fourth-order valence-electron chi connectivity index (χ4n) is 2.89. The standard InChI is InChI=1S/C16H16F2N4O3S/c17-13-7-9(2-1-4-21-26(24)25)6-11(14(13)18)15(23)12-8-19-16-10(12)3-5-20-22-16/h3,5-8,10,16,19,26H,1-2,4H2,(H,21,24,25). The molecule has 0 spiro atoms. The molecule has 26 heavy (non-hydrogen) atoms. The zero-order valence-electron chi connectivity index (χ0n) is 13.5. The van der Waals surface area contributed by atoms with Crippen LogP contribution in [0.3, 0.4) is 0 Å². The normalized spacial score (nSPS) is 20.8. The summed E-state index contributed by atoms with van der Waals surface area (Å²) in [5, 5.41) is 10.6. The summed E-state index contributed by atoms with van der Waals surface area (Å²) in [6, 6.07) is 2.32. The largest absolute Gasteiger partial charge is 0.367 e. The zero-order valence-corrected chi connectivity index (χ0v) is 14.4. The smallest absolute Gasteiger partial charge is 0.201 e. The highest BCUT2D eigenvalue weighted by Crippen LogP contribution is 2.30. The second-order valence-electron chi connectivity index (χ2n) is 5.85. The van der Waals surface area contributed by atoms with E-state index in [0.29, 0.717) is 18.4 Å². The number of benzene rings is 1. The lowest BCUT2D eigenvalue weighted by molar-refractivity contribution is 0.102.